The van der Waals surface area contributed by atoms with Gasteiger partial charge in [0.2, 0.25) is 0 Å². The van der Waals surface area contributed by atoms with E-state index in [-0.39, 0.29) is 5.78 Å². The molecule has 1 atom stereocenters. The topological polar surface area (TPSA) is 40.5 Å². The summed E-state index contributed by atoms with van der Waals surface area (Å²) in [5.41, 5.74) is 2.60. The maximum atomic E-state index is 11.9. The molecular formula is C17H17NO2. The summed E-state index contributed by atoms with van der Waals surface area (Å²) in [7, 11) is 0. The first-order chi connectivity index (χ1) is 9.75. The van der Waals surface area contributed by atoms with Gasteiger partial charge in [0, 0.05) is 30.8 Å². The number of aliphatic hydroxyl groups is 1. The summed E-state index contributed by atoms with van der Waals surface area (Å²) < 4.78 is 0. The largest absolute Gasteiger partial charge is 0.387 e. The number of hydrogen-bond donors (Lipinski definition) is 1. The van der Waals surface area contributed by atoms with Crippen LogP contribution in [0.5, 0.6) is 0 Å². The highest BCUT2D eigenvalue weighted by Gasteiger charge is 2.24. The highest BCUT2D eigenvalue weighted by atomic mass is 16.3. The van der Waals surface area contributed by atoms with Crippen LogP contribution in [0, 0.1) is 0 Å². The van der Waals surface area contributed by atoms with Gasteiger partial charge in [-0.05, 0) is 17.7 Å². The Morgan fingerprint density at radius 3 is 2.55 bits per heavy atom. The minimum atomic E-state index is -0.544. The number of ketones is 1. The van der Waals surface area contributed by atoms with Gasteiger partial charge >= 0.3 is 0 Å². The van der Waals surface area contributed by atoms with Gasteiger partial charge in [-0.15, -0.1) is 0 Å². The van der Waals surface area contributed by atoms with E-state index >= 15 is 0 Å². The summed E-state index contributed by atoms with van der Waals surface area (Å²) in [5, 5.41) is 10.3. The van der Waals surface area contributed by atoms with Crippen molar-refractivity contribution in [3.63, 3.8) is 0 Å². The molecule has 0 aliphatic carbocycles. The van der Waals surface area contributed by atoms with Gasteiger partial charge in [0.25, 0.3) is 0 Å². The maximum Gasteiger partial charge on any atom is 0.166 e. The number of rotatable bonds is 3. The van der Waals surface area contributed by atoms with Crippen molar-refractivity contribution in [2.75, 3.05) is 18.0 Å². The zero-order valence-corrected chi connectivity index (χ0v) is 11.2. The van der Waals surface area contributed by atoms with Crippen molar-refractivity contribution < 1.29 is 9.90 Å². The van der Waals surface area contributed by atoms with Crippen molar-refractivity contribution in [2.45, 2.75) is 12.5 Å². The second kappa shape index (κ2) is 5.47. The Bertz CT molecular complexity index is 609. The van der Waals surface area contributed by atoms with Crippen LogP contribution in [-0.4, -0.2) is 24.0 Å². The summed E-state index contributed by atoms with van der Waals surface area (Å²) in [5.74, 6) is 0.186. The highest BCUT2D eigenvalue weighted by molar-refractivity contribution is 6.03. The van der Waals surface area contributed by atoms with Crippen LogP contribution in [0.25, 0.3) is 0 Å². The molecule has 1 aliphatic rings. The smallest absolute Gasteiger partial charge is 0.166 e. The van der Waals surface area contributed by atoms with Crippen molar-refractivity contribution in [3.05, 3.63) is 65.7 Å². The molecule has 1 aliphatic heterocycles. The maximum absolute atomic E-state index is 11.9. The first-order valence-corrected chi connectivity index (χ1v) is 6.86. The van der Waals surface area contributed by atoms with Crippen molar-refractivity contribution in [1.29, 1.82) is 0 Å². The van der Waals surface area contributed by atoms with Crippen LogP contribution in [0.4, 0.5) is 5.69 Å². The van der Waals surface area contributed by atoms with Crippen molar-refractivity contribution in [2.24, 2.45) is 0 Å². The molecule has 0 saturated heterocycles. The lowest BCUT2D eigenvalue weighted by Crippen LogP contribution is -2.35. The van der Waals surface area contributed by atoms with Crippen LogP contribution in [0.1, 0.15) is 28.4 Å². The third kappa shape index (κ3) is 2.45. The van der Waals surface area contributed by atoms with Gasteiger partial charge in [-0.25, -0.2) is 0 Å². The van der Waals surface area contributed by atoms with E-state index in [1.54, 1.807) is 0 Å². The number of hydrogen-bond acceptors (Lipinski definition) is 3. The Hall–Kier alpha value is -2.13. The second-order valence-corrected chi connectivity index (χ2v) is 5.06. The molecule has 1 N–H and O–H groups in total. The van der Waals surface area contributed by atoms with Crippen LogP contribution in [0.15, 0.2) is 54.6 Å². The van der Waals surface area contributed by atoms with Crippen LogP contribution in [0.3, 0.4) is 0 Å². The van der Waals surface area contributed by atoms with Gasteiger partial charge < -0.3 is 10.0 Å². The normalized spacial score (nSPS) is 15.8. The molecule has 3 heteroatoms. The Balaban J connectivity index is 1.82. The molecule has 20 heavy (non-hydrogen) atoms. The third-order valence-corrected chi connectivity index (χ3v) is 3.73. The third-order valence-electron chi connectivity index (χ3n) is 3.73. The Morgan fingerprint density at radius 1 is 1.05 bits per heavy atom. The van der Waals surface area contributed by atoms with E-state index in [0.29, 0.717) is 19.5 Å². The summed E-state index contributed by atoms with van der Waals surface area (Å²) in [6, 6.07) is 17.2. The van der Waals surface area contributed by atoms with Crippen molar-refractivity contribution in [1.82, 2.24) is 0 Å². The molecule has 0 saturated carbocycles. The standard InChI is InChI=1S/C17H17NO2/c19-16-10-11-18(15-9-5-4-8-14(15)16)12-17(20)13-6-2-1-3-7-13/h1-9,17,20H,10-12H2. The minimum Gasteiger partial charge on any atom is -0.387 e. The van der Waals surface area contributed by atoms with Crippen LogP contribution < -0.4 is 4.90 Å². The molecule has 3 nitrogen and oxygen atoms in total. The molecule has 0 aromatic heterocycles. The predicted molar refractivity (Wildman–Crippen MR) is 79.0 cm³/mol. The Labute approximate surface area is 118 Å². The number of β-amino-alcohol motifs (C(OH)–C–C–N with tert-alkyl or cyclic N) is 1. The molecule has 0 amide bonds. The summed E-state index contributed by atoms with van der Waals surface area (Å²) >= 11 is 0. The molecule has 0 bridgehead atoms. The SMILES string of the molecule is O=C1CCN(CC(O)c2ccccc2)c2ccccc21. The van der Waals surface area contributed by atoms with Gasteiger partial charge in [-0.2, -0.15) is 0 Å². The highest BCUT2D eigenvalue weighted by Crippen LogP contribution is 2.28. The van der Waals surface area contributed by atoms with Crippen LogP contribution in [-0.2, 0) is 0 Å². The zero-order valence-electron chi connectivity index (χ0n) is 11.2. The summed E-state index contributed by atoms with van der Waals surface area (Å²) in [6.45, 7) is 1.17. The van der Waals surface area contributed by atoms with E-state index < -0.39 is 6.10 Å². The number of carbonyl (C=O) groups is 1. The van der Waals surface area contributed by atoms with Gasteiger partial charge in [0.05, 0.1) is 6.10 Å². The van der Waals surface area contributed by atoms with Gasteiger partial charge in [-0.3, -0.25) is 4.79 Å². The van der Waals surface area contributed by atoms with E-state index in [1.807, 2.05) is 54.6 Å². The fraction of sp³-hybridized carbons (Fsp3) is 0.235. The lowest BCUT2D eigenvalue weighted by Gasteiger charge is -2.32. The number of Topliss-reactive ketones (excluding diaryl/α,β-unsaturated/α-hetero) is 1. The van der Waals surface area contributed by atoms with Gasteiger partial charge in [-0.1, -0.05) is 42.5 Å². The molecule has 0 fully saturated rings. The zero-order chi connectivity index (χ0) is 13.9. The van der Waals surface area contributed by atoms with Gasteiger partial charge in [0.1, 0.15) is 0 Å². The van der Waals surface area contributed by atoms with E-state index in [0.717, 1.165) is 16.8 Å². The number of anilines is 1. The number of carbonyl (C=O) groups excluding carboxylic acids is 1. The molecule has 3 rings (SSSR count). The Kier molecular flexibility index (Phi) is 3.52. The van der Waals surface area contributed by atoms with E-state index in [9.17, 15) is 9.90 Å². The average Bonchev–Trinajstić information content (AvgIpc) is 2.51. The Morgan fingerprint density at radius 2 is 1.75 bits per heavy atom. The number of para-hydroxylation sites is 1. The van der Waals surface area contributed by atoms with E-state index in [2.05, 4.69) is 4.90 Å². The fourth-order valence-electron chi connectivity index (χ4n) is 2.66. The van der Waals surface area contributed by atoms with Gasteiger partial charge in [0.15, 0.2) is 5.78 Å². The first kappa shape index (κ1) is 12.9. The molecule has 2 aromatic rings. The van der Waals surface area contributed by atoms with E-state index in [4.69, 9.17) is 0 Å². The van der Waals surface area contributed by atoms with Crippen molar-refractivity contribution >= 4 is 11.5 Å². The lowest BCUT2D eigenvalue weighted by molar-refractivity contribution is 0.0976. The minimum absolute atomic E-state index is 0.186. The summed E-state index contributed by atoms with van der Waals surface area (Å²) in [4.78, 5) is 14.0. The molecule has 0 radical (unpaired) electrons. The fourth-order valence-corrected chi connectivity index (χ4v) is 2.66. The lowest BCUT2D eigenvalue weighted by atomic mass is 9.99. The molecule has 2 aromatic carbocycles. The van der Waals surface area contributed by atoms with Crippen LogP contribution >= 0.6 is 0 Å². The molecular weight excluding hydrogens is 250 g/mol. The molecule has 1 unspecified atom stereocenters. The molecule has 1 heterocycles. The predicted octanol–water partition coefficient (Wildman–Crippen LogP) is 2.81. The number of nitrogens with zero attached hydrogens (tertiary/aromatic N) is 1. The quantitative estimate of drug-likeness (QED) is 0.929. The average molecular weight is 267 g/mol. The summed E-state index contributed by atoms with van der Waals surface area (Å²) in [6.07, 6.45) is -0.0316. The number of benzene rings is 2. The second-order valence-electron chi connectivity index (χ2n) is 5.06. The van der Waals surface area contributed by atoms with Crippen LogP contribution in [0.2, 0.25) is 0 Å². The molecule has 0 spiro atoms. The number of fused-ring (bicyclic) bond motifs is 1. The van der Waals surface area contributed by atoms with Crippen molar-refractivity contribution in [3.8, 4) is 0 Å². The monoisotopic (exact) mass is 267 g/mol. The molecule has 102 valence electrons. The van der Waals surface area contributed by atoms with E-state index in [1.165, 1.54) is 0 Å². The first-order valence-electron chi connectivity index (χ1n) is 6.86. The number of aliphatic hydroxyl groups excluding tert-OH is 1.